The Morgan fingerprint density at radius 2 is 1.95 bits per heavy atom. The molecule has 94 valence electrons. The van der Waals surface area contributed by atoms with Crippen molar-refractivity contribution in [2.24, 2.45) is 0 Å². The summed E-state index contributed by atoms with van der Waals surface area (Å²) in [4.78, 5) is 17.0. The summed E-state index contributed by atoms with van der Waals surface area (Å²) in [6.45, 7) is 0. The summed E-state index contributed by atoms with van der Waals surface area (Å²) in [7, 11) is 1.40. The number of hydrogen-bond donors (Lipinski definition) is 0. The molecule has 0 saturated heterocycles. The van der Waals surface area contributed by atoms with E-state index in [1.54, 1.807) is 11.7 Å². The van der Waals surface area contributed by atoms with E-state index in [-0.39, 0.29) is 5.97 Å². The van der Waals surface area contributed by atoms with Crippen LogP contribution in [0, 0.1) is 0 Å². The third kappa shape index (κ3) is 2.11. The molecule has 3 nitrogen and oxygen atoms in total. The maximum Gasteiger partial charge on any atom is 0.338 e. The van der Waals surface area contributed by atoms with Gasteiger partial charge in [-0.05, 0) is 22.9 Å². The Bertz CT molecular complexity index is 735. The first-order valence-corrected chi connectivity index (χ1v) is 6.67. The number of fused-ring (bicyclic) bond motifs is 1. The molecular weight excluding hydrogens is 258 g/mol. The molecule has 0 aliphatic rings. The van der Waals surface area contributed by atoms with Gasteiger partial charge < -0.3 is 4.74 Å². The summed E-state index contributed by atoms with van der Waals surface area (Å²) in [5, 5.41) is 2.12. The van der Waals surface area contributed by atoms with E-state index in [4.69, 9.17) is 4.74 Å². The Balaban J connectivity index is 2.30. The highest BCUT2D eigenvalue weighted by atomic mass is 32.1. The molecular formula is C15H11NO2S. The molecule has 0 N–H and O–H groups in total. The van der Waals surface area contributed by atoms with Crippen molar-refractivity contribution in [1.82, 2.24) is 4.98 Å². The molecule has 3 rings (SSSR count). The third-order valence-electron chi connectivity index (χ3n) is 2.99. The number of ether oxygens (including phenoxy) is 1. The standard InChI is InChI=1S/C15H11NO2S/c1-18-15(17)13-7-11-5-3-2-4-10(11)6-12(13)14-8-16-9-19-14/h2-9H,1H3. The van der Waals surface area contributed by atoms with Gasteiger partial charge in [-0.15, -0.1) is 11.3 Å². The van der Waals surface area contributed by atoms with Crippen LogP contribution in [0.3, 0.4) is 0 Å². The molecule has 0 amide bonds. The van der Waals surface area contributed by atoms with Crippen LogP contribution in [0.4, 0.5) is 0 Å². The number of esters is 1. The monoisotopic (exact) mass is 269 g/mol. The molecule has 0 aliphatic heterocycles. The van der Waals surface area contributed by atoms with E-state index in [1.165, 1.54) is 18.4 Å². The van der Waals surface area contributed by atoms with E-state index in [1.807, 2.05) is 36.4 Å². The first-order chi connectivity index (χ1) is 9.29. The molecule has 0 bridgehead atoms. The van der Waals surface area contributed by atoms with Gasteiger partial charge in [0.05, 0.1) is 23.1 Å². The first kappa shape index (κ1) is 11.9. The average Bonchev–Trinajstić information content (AvgIpc) is 2.99. The lowest BCUT2D eigenvalue weighted by Gasteiger charge is -2.08. The topological polar surface area (TPSA) is 39.2 Å². The lowest BCUT2D eigenvalue weighted by molar-refractivity contribution is 0.0602. The van der Waals surface area contributed by atoms with Gasteiger partial charge >= 0.3 is 5.97 Å². The van der Waals surface area contributed by atoms with Crippen LogP contribution >= 0.6 is 11.3 Å². The number of benzene rings is 2. The van der Waals surface area contributed by atoms with Crippen molar-refractivity contribution in [3.05, 3.63) is 53.7 Å². The van der Waals surface area contributed by atoms with E-state index < -0.39 is 0 Å². The SMILES string of the molecule is COC(=O)c1cc2ccccc2cc1-c1cncs1. The average molecular weight is 269 g/mol. The molecule has 4 heteroatoms. The van der Waals surface area contributed by atoms with Gasteiger partial charge in [0.2, 0.25) is 0 Å². The van der Waals surface area contributed by atoms with Gasteiger partial charge in [0, 0.05) is 11.8 Å². The van der Waals surface area contributed by atoms with Crippen molar-refractivity contribution in [2.75, 3.05) is 7.11 Å². The normalized spacial score (nSPS) is 10.6. The number of thiazole rings is 1. The largest absolute Gasteiger partial charge is 0.465 e. The minimum atomic E-state index is -0.325. The van der Waals surface area contributed by atoms with Crippen molar-refractivity contribution >= 4 is 28.1 Å². The number of aromatic nitrogens is 1. The molecule has 2 aromatic carbocycles. The van der Waals surface area contributed by atoms with Crippen LogP contribution in [0.2, 0.25) is 0 Å². The molecule has 19 heavy (non-hydrogen) atoms. The summed E-state index contributed by atoms with van der Waals surface area (Å²) in [5.41, 5.74) is 3.20. The summed E-state index contributed by atoms with van der Waals surface area (Å²) in [6.07, 6.45) is 1.77. The van der Waals surface area contributed by atoms with Crippen LogP contribution in [0.5, 0.6) is 0 Å². The van der Waals surface area contributed by atoms with Crippen LogP contribution < -0.4 is 0 Å². The smallest absolute Gasteiger partial charge is 0.338 e. The Morgan fingerprint density at radius 1 is 1.21 bits per heavy atom. The second-order valence-corrected chi connectivity index (χ2v) is 4.99. The minimum Gasteiger partial charge on any atom is -0.465 e. The van der Waals surface area contributed by atoms with Crippen LogP contribution in [-0.4, -0.2) is 18.1 Å². The molecule has 0 unspecified atom stereocenters. The minimum absolute atomic E-state index is 0.325. The molecule has 0 atom stereocenters. The van der Waals surface area contributed by atoms with Crippen LogP contribution in [0.15, 0.2) is 48.1 Å². The van der Waals surface area contributed by atoms with Crippen LogP contribution in [-0.2, 0) is 4.74 Å². The van der Waals surface area contributed by atoms with Gasteiger partial charge in [0.1, 0.15) is 0 Å². The fourth-order valence-electron chi connectivity index (χ4n) is 2.07. The molecule has 1 heterocycles. The van der Waals surface area contributed by atoms with Crippen LogP contribution in [0.1, 0.15) is 10.4 Å². The summed E-state index contributed by atoms with van der Waals surface area (Å²) in [5.74, 6) is -0.325. The van der Waals surface area contributed by atoms with E-state index in [0.717, 1.165) is 21.2 Å². The molecule has 0 aliphatic carbocycles. The molecule has 0 fully saturated rings. The Morgan fingerprint density at radius 3 is 2.58 bits per heavy atom. The van der Waals surface area contributed by atoms with Gasteiger partial charge in [0.25, 0.3) is 0 Å². The molecule has 0 saturated carbocycles. The zero-order chi connectivity index (χ0) is 13.2. The molecule has 1 aromatic heterocycles. The Hall–Kier alpha value is -2.20. The molecule has 3 aromatic rings. The summed E-state index contributed by atoms with van der Waals surface area (Å²) >= 11 is 1.51. The van der Waals surface area contributed by atoms with Gasteiger partial charge in [-0.2, -0.15) is 0 Å². The zero-order valence-electron chi connectivity index (χ0n) is 10.3. The highest BCUT2D eigenvalue weighted by molar-refractivity contribution is 7.13. The van der Waals surface area contributed by atoms with Gasteiger partial charge in [-0.25, -0.2) is 4.79 Å². The predicted octanol–water partition coefficient (Wildman–Crippen LogP) is 3.75. The fourth-order valence-corrected chi connectivity index (χ4v) is 2.72. The highest BCUT2D eigenvalue weighted by Gasteiger charge is 2.15. The number of rotatable bonds is 2. The second kappa shape index (κ2) is 4.82. The van der Waals surface area contributed by atoms with Crippen molar-refractivity contribution in [3.8, 4) is 10.4 Å². The number of nitrogens with zero attached hydrogens (tertiary/aromatic N) is 1. The van der Waals surface area contributed by atoms with E-state index in [2.05, 4.69) is 4.98 Å². The van der Waals surface area contributed by atoms with Crippen molar-refractivity contribution in [2.45, 2.75) is 0 Å². The number of carbonyl (C=O) groups excluding carboxylic acids is 1. The van der Waals surface area contributed by atoms with E-state index >= 15 is 0 Å². The van der Waals surface area contributed by atoms with Crippen molar-refractivity contribution in [1.29, 1.82) is 0 Å². The number of hydrogen-bond acceptors (Lipinski definition) is 4. The highest BCUT2D eigenvalue weighted by Crippen LogP contribution is 2.31. The molecule has 0 spiro atoms. The van der Waals surface area contributed by atoms with E-state index in [0.29, 0.717) is 5.56 Å². The lowest BCUT2D eigenvalue weighted by Crippen LogP contribution is -2.03. The maximum atomic E-state index is 11.9. The van der Waals surface area contributed by atoms with E-state index in [9.17, 15) is 4.79 Å². The number of methoxy groups -OCH3 is 1. The van der Waals surface area contributed by atoms with Gasteiger partial charge in [-0.1, -0.05) is 24.3 Å². The molecule has 0 radical (unpaired) electrons. The Kier molecular flexibility index (Phi) is 3.01. The Labute approximate surface area is 114 Å². The zero-order valence-corrected chi connectivity index (χ0v) is 11.1. The first-order valence-electron chi connectivity index (χ1n) is 5.79. The third-order valence-corrected chi connectivity index (χ3v) is 3.80. The quantitative estimate of drug-likeness (QED) is 0.665. The second-order valence-electron chi connectivity index (χ2n) is 4.10. The lowest BCUT2D eigenvalue weighted by atomic mass is 10.00. The maximum absolute atomic E-state index is 11.9. The van der Waals surface area contributed by atoms with Gasteiger partial charge in [-0.3, -0.25) is 4.98 Å². The van der Waals surface area contributed by atoms with Crippen LogP contribution in [0.25, 0.3) is 21.2 Å². The summed E-state index contributed by atoms with van der Waals surface area (Å²) in [6, 6.07) is 11.8. The van der Waals surface area contributed by atoms with Crippen molar-refractivity contribution < 1.29 is 9.53 Å². The van der Waals surface area contributed by atoms with Gasteiger partial charge in [0.15, 0.2) is 0 Å². The van der Waals surface area contributed by atoms with Crippen molar-refractivity contribution in [3.63, 3.8) is 0 Å². The fraction of sp³-hybridized carbons (Fsp3) is 0.0667. The summed E-state index contributed by atoms with van der Waals surface area (Å²) < 4.78 is 4.87. The predicted molar refractivity (Wildman–Crippen MR) is 76.4 cm³/mol. The number of carbonyl (C=O) groups is 1.